The molecule has 0 aromatic heterocycles. The molecule has 1 aromatic carbocycles. The number of amides is 3. The summed E-state index contributed by atoms with van der Waals surface area (Å²) in [6.45, 7) is 2.63. The van der Waals surface area contributed by atoms with Crippen molar-refractivity contribution in [3.63, 3.8) is 0 Å². The minimum Gasteiger partial charge on any atom is -0.507 e. The molecule has 1 aliphatic heterocycles. The Bertz CT molecular complexity index is 685. The topological polar surface area (TPSA) is 110 Å². The standard InChI is InChI=1S/C18H25N3O5S/c1-13(22)19-7-6-17(25)20-8-9-21(11-14(23)10-20)18(26)12-27-16-5-3-2-4-15(16)24/h2-5,14,23-24H,6-12H2,1H3,(H,19,22). The number of aliphatic hydroxyl groups excluding tert-OH is 1. The van der Waals surface area contributed by atoms with Gasteiger partial charge in [-0.15, -0.1) is 11.8 Å². The van der Waals surface area contributed by atoms with Crippen molar-refractivity contribution in [2.24, 2.45) is 0 Å². The summed E-state index contributed by atoms with van der Waals surface area (Å²) >= 11 is 1.23. The average molecular weight is 395 g/mol. The monoisotopic (exact) mass is 395 g/mol. The maximum absolute atomic E-state index is 12.5. The summed E-state index contributed by atoms with van der Waals surface area (Å²) in [5.74, 6) is -0.254. The van der Waals surface area contributed by atoms with Gasteiger partial charge >= 0.3 is 0 Å². The molecule has 1 aromatic rings. The van der Waals surface area contributed by atoms with Crippen LogP contribution in [0.1, 0.15) is 13.3 Å². The predicted molar refractivity (Wildman–Crippen MR) is 101 cm³/mol. The summed E-state index contributed by atoms with van der Waals surface area (Å²) in [5.41, 5.74) is 0. The van der Waals surface area contributed by atoms with Gasteiger partial charge in [-0.1, -0.05) is 12.1 Å². The summed E-state index contributed by atoms with van der Waals surface area (Å²) in [5, 5.41) is 22.5. The van der Waals surface area contributed by atoms with Crippen molar-refractivity contribution >= 4 is 29.5 Å². The molecule has 9 heteroatoms. The van der Waals surface area contributed by atoms with Gasteiger partial charge < -0.3 is 25.3 Å². The van der Waals surface area contributed by atoms with Crippen LogP contribution in [0.5, 0.6) is 5.75 Å². The van der Waals surface area contributed by atoms with Crippen molar-refractivity contribution in [3.05, 3.63) is 24.3 Å². The zero-order valence-corrected chi connectivity index (χ0v) is 16.1. The highest BCUT2D eigenvalue weighted by Crippen LogP contribution is 2.27. The number of benzene rings is 1. The molecule has 3 N–H and O–H groups in total. The van der Waals surface area contributed by atoms with Crippen LogP contribution in [0.25, 0.3) is 0 Å². The van der Waals surface area contributed by atoms with Gasteiger partial charge in [0.15, 0.2) is 0 Å². The van der Waals surface area contributed by atoms with Crippen molar-refractivity contribution in [3.8, 4) is 5.75 Å². The van der Waals surface area contributed by atoms with E-state index in [0.717, 1.165) is 0 Å². The lowest BCUT2D eigenvalue weighted by atomic mass is 10.3. The zero-order chi connectivity index (χ0) is 19.8. The van der Waals surface area contributed by atoms with E-state index in [0.29, 0.717) is 18.0 Å². The van der Waals surface area contributed by atoms with Crippen LogP contribution < -0.4 is 5.32 Å². The van der Waals surface area contributed by atoms with Crippen LogP contribution in [0.2, 0.25) is 0 Å². The third-order valence-corrected chi connectivity index (χ3v) is 5.18. The molecule has 148 valence electrons. The van der Waals surface area contributed by atoms with Crippen LogP contribution in [0, 0.1) is 0 Å². The highest BCUT2D eigenvalue weighted by atomic mass is 32.2. The Labute approximate surface area is 162 Å². The second-order valence-corrected chi connectivity index (χ2v) is 7.34. The van der Waals surface area contributed by atoms with E-state index in [9.17, 15) is 24.6 Å². The number of rotatable bonds is 6. The fourth-order valence-electron chi connectivity index (χ4n) is 2.76. The van der Waals surface area contributed by atoms with Crippen molar-refractivity contribution in [1.29, 1.82) is 0 Å². The number of nitrogens with one attached hydrogen (secondary N) is 1. The number of hydrogen-bond acceptors (Lipinski definition) is 6. The Morgan fingerprint density at radius 2 is 1.78 bits per heavy atom. The Balaban J connectivity index is 1.85. The second-order valence-electron chi connectivity index (χ2n) is 6.32. The Morgan fingerprint density at radius 1 is 1.15 bits per heavy atom. The Hall–Kier alpha value is -2.26. The second kappa shape index (κ2) is 10.2. The van der Waals surface area contributed by atoms with E-state index < -0.39 is 6.10 Å². The third kappa shape index (κ3) is 6.76. The van der Waals surface area contributed by atoms with E-state index in [1.165, 1.54) is 23.6 Å². The third-order valence-electron chi connectivity index (χ3n) is 4.14. The lowest BCUT2D eigenvalue weighted by Crippen LogP contribution is -2.39. The summed E-state index contributed by atoms with van der Waals surface area (Å²) in [4.78, 5) is 39.3. The number of para-hydroxylation sites is 1. The predicted octanol–water partition coefficient (Wildman–Crippen LogP) is 0.0422. The van der Waals surface area contributed by atoms with E-state index in [1.807, 2.05) is 0 Å². The number of hydrogen-bond donors (Lipinski definition) is 3. The largest absolute Gasteiger partial charge is 0.507 e. The van der Waals surface area contributed by atoms with E-state index in [1.54, 1.807) is 29.2 Å². The van der Waals surface area contributed by atoms with E-state index in [2.05, 4.69) is 5.32 Å². The summed E-state index contributed by atoms with van der Waals surface area (Å²) in [6, 6.07) is 6.80. The first-order valence-corrected chi connectivity index (χ1v) is 9.74. The minimum atomic E-state index is -0.823. The summed E-state index contributed by atoms with van der Waals surface area (Å²) in [6.07, 6.45) is -0.667. The molecule has 0 radical (unpaired) electrons. The van der Waals surface area contributed by atoms with Gasteiger partial charge in [-0.2, -0.15) is 0 Å². The zero-order valence-electron chi connectivity index (χ0n) is 15.3. The van der Waals surface area contributed by atoms with Crippen molar-refractivity contribution in [2.75, 3.05) is 38.5 Å². The molecule has 0 spiro atoms. The Kier molecular flexibility index (Phi) is 7.93. The lowest BCUT2D eigenvalue weighted by molar-refractivity contribution is -0.132. The fraction of sp³-hybridized carbons (Fsp3) is 0.500. The van der Waals surface area contributed by atoms with Crippen LogP contribution in [-0.2, 0) is 14.4 Å². The molecule has 1 unspecified atom stereocenters. The van der Waals surface area contributed by atoms with E-state index >= 15 is 0 Å². The van der Waals surface area contributed by atoms with Crippen molar-refractivity contribution in [1.82, 2.24) is 15.1 Å². The van der Waals surface area contributed by atoms with Crippen molar-refractivity contribution < 1.29 is 24.6 Å². The van der Waals surface area contributed by atoms with Gasteiger partial charge in [0.25, 0.3) is 0 Å². The molecule has 1 heterocycles. The molecule has 3 amide bonds. The molecule has 1 fully saturated rings. The average Bonchev–Trinajstić information content (AvgIpc) is 2.82. The first kappa shape index (κ1) is 21.0. The first-order valence-electron chi connectivity index (χ1n) is 8.75. The number of β-amino-alcohol motifs (C(OH)–C–C–N with tert-alkyl or cyclic N) is 1. The van der Waals surface area contributed by atoms with E-state index in [4.69, 9.17) is 0 Å². The smallest absolute Gasteiger partial charge is 0.233 e. The number of carbonyl (C=O) groups excluding carboxylic acids is 3. The molecule has 0 bridgehead atoms. The van der Waals surface area contributed by atoms with Crippen LogP contribution in [0.4, 0.5) is 0 Å². The molecular formula is C18H25N3O5S. The molecule has 1 atom stereocenters. The highest BCUT2D eigenvalue weighted by molar-refractivity contribution is 8.00. The number of carbonyl (C=O) groups is 3. The maximum atomic E-state index is 12.5. The number of thioether (sulfide) groups is 1. The van der Waals surface area contributed by atoms with Gasteiger partial charge in [0.2, 0.25) is 17.7 Å². The quantitative estimate of drug-likeness (QED) is 0.587. The van der Waals surface area contributed by atoms with Gasteiger partial charge in [-0.3, -0.25) is 14.4 Å². The van der Waals surface area contributed by atoms with E-state index in [-0.39, 0.29) is 55.3 Å². The maximum Gasteiger partial charge on any atom is 0.233 e. The molecule has 0 saturated carbocycles. The molecule has 27 heavy (non-hydrogen) atoms. The first-order chi connectivity index (χ1) is 12.9. The normalized spacial score (nSPS) is 17.3. The summed E-state index contributed by atoms with van der Waals surface area (Å²) < 4.78 is 0. The van der Waals surface area contributed by atoms with Crippen LogP contribution in [0.15, 0.2) is 29.2 Å². The highest BCUT2D eigenvalue weighted by Gasteiger charge is 2.26. The van der Waals surface area contributed by atoms with Crippen LogP contribution in [0.3, 0.4) is 0 Å². The number of phenols is 1. The van der Waals surface area contributed by atoms with Gasteiger partial charge in [-0.05, 0) is 12.1 Å². The minimum absolute atomic E-state index is 0.127. The molecule has 2 rings (SSSR count). The number of aliphatic hydroxyl groups is 1. The van der Waals surface area contributed by atoms with Gasteiger partial charge in [0, 0.05) is 51.0 Å². The molecule has 1 saturated heterocycles. The fourth-order valence-corrected chi connectivity index (χ4v) is 3.61. The number of aromatic hydroxyl groups is 1. The number of nitrogens with zero attached hydrogens (tertiary/aromatic N) is 2. The van der Waals surface area contributed by atoms with Gasteiger partial charge in [0.05, 0.1) is 11.9 Å². The molecule has 8 nitrogen and oxygen atoms in total. The van der Waals surface area contributed by atoms with Crippen LogP contribution >= 0.6 is 11.8 Å². The molecule has 0 aliphatic carbocycles. The molecular weight excluding hydrogens is 370 g/mol. The van der Waals surface area contributed by atoms with Gasteiger partial charge in [-0.25, -0.2) is 0 Å². The van der Waals surface area contributed by atoms with Crippen molar-refractivity contribution in [2.45, 2.75) is 24.3 Å². The molecule has 1 aliphatic rings. The van der Waals surface area contributed by atoms with Gasteiger partial charge in [0.1, 0.15) is 5.75 Å². The van der Waals surface area contributed by atoms with Crippen LogP contribution in [-0.4, -0.2) is 82.3 Å². The lowest BCUT2D eigenvalue weighted by Gasteiger charge is -2.22. The Morgan fingerprint density at radius 3 is 2.41 bits per heavy atom. The SMILES string of the molecule is CC(=O)NCCC(=O)N1CCN(C(=O)CSc2ccccc2O)CC(O)C1. The number of phenolic OH excluding ortho intramolecular Hbond substituents is 1. The summed E-state index contributed by atoms with van der Waals surface area (Å²) in [7, 11) is 0.